The molecule has 1 aromatic heterocycles. The molecule has 29 heavy (non-hydrogen) atoms. The van der Waals surface area contributed by atoms with Crippen molar-refractivity contribution in [1.82, 2.24) is 14.9 Å². The number of esters is 1. The van der Waals surface area contributed by atoms with Crippen molar-refractivity contribution in [1.29, 1.82) is 0 Å². The summed E-state index contributed by atoms with van der Waals surface area (Å²) in [4.78, 5) is 16.3. The molecule has 152 valence electrons. The molecule has 0 bridgehead atoms. The average molecular weight is 419 g/mol. The highest BCUT2D eigenvalue weighted by Crippen LogP contribution is 2.19. The number of hydrogen-bond donors (Lipinski definition) is 1. The van der Waals surface area contributed by atoms with Gasteiger partial charge in [-0.1, -0.05) is 24.2 Å². The van der Waals surface area contributed by atoms with E-state index in [2.05, 4.69) is 14.9 Å². The molecule has 0 saturated heterocycles. The number of aryl methyl sites for hydroxylation is 1. The van der Waals surface area contributed by atoms with Gasteiger partial charge in [0.05, 0.1) is 10.5 Å². The van der Waals surface area contributed by atoms with Crippen LogP contribution in [0.2, 0.25) is 0 Å². The van der Waals surface area contributed by atoms with E-state index in [-0.39, 0.29) is 41.1 Å². The Kier molecular flexibility index (Phi) is 6.04. The maximum Gasteiger partial charge on any atom is 0.338 e. The lowest BCUT2D eigenvalue weighted by Gasteiger charge is -2.06. The van der Waals surface area contributed by atoms with E-state index in [1.54, 1.807) is 26.0 Å². The molecular formula is C19H18FN3O5S. The number of carbonyl (C=O) groups is 1. The number of carbonyl (C=O) groups excluding carboxylic acids is 1. The third-order valence-electron chi connectivity index (χ3n) is 3.96. The number of hydrogen-bond acceptors (Lipinski definition) is 7. The van der Waals surface area contributed by atoms with E-state index in [4.69, 9.17) is 9.26 Å². The van der Waals surface area contributed by atoms with Crippen LogP contribution in [0.5, 0.6) is 0 Å². The Hall–Kier alpha value is -3.11. The summed E-state index contributed by atoms with van der Waals surface area (Å²) < 4.78 is 50.0. The first-order valence-electron chi connectivity index (χ1n) is 8.66. The molecule has 0 radical (unpaired) electrons. The van der Waals surface area contributed by atoms with E-state index in [0.29, 0.717) is 11.1 Å². The van der Waals surface area contributed by atoms with Gasteiger partial charge in [-0.3, -0.25) is 0 Å². The second-order valence-electron chi connectivity index (χ2n) is 6.08. The highest BCUT2D eigenvalue weighted by atomic mass is 32.2. The van der Waals surface area contributed by atoms with E-state index < -0.39 is 16.0 Å². The predicted molar refractivity (Wildman–Crippen MR) is 101 cm³/mol. The highest BCUT2D eigenvalue weighted by molar-refractivity contribution is 7.89. The van der Waals surface area contributed by atoms with E-state index in [1.807, 2.05) is 0 Å². The Balaban J connectivity index is 1.64. The van der Waals surface area contributed by atoms with Gasteiger partial charge in [0, 0.05) is 12.1 Å². The summed E-state index contributed by atoms with van der Waals surface area (Å²) in [5.41, 5.74) is 1.10. The highest BCUT2D eigenvalue weighted by Gasteiger charge is 2.16. The van der Waals surface area contributed by atoms with E-state index in [1.165, 1.54) is 30.3 Å². The lowest BCUT2D eigenvalue weighted by molar-refractivity contribution is 0.0429. The first-order chi connectivity index (χ1) is 13.8. The zero-order chi connectivity index (χ0) is 21.0. The van der Waals surface area contributed by atoms with Gasteiger partial charge < -0.3 is 9.26 Å². The Morgan fingerprint density at radius 2 is 1.93 bits per heavy atom. The van der Waals surface area contributed by atoms with Crippen molar-refractivity contribution in [2.24, 2.45) is 0 Å². The minimum Gasteiger partial charge on any atom is -0.452 e. The third kappa shape index (κ3) is 4.84. The Labute approximate surface area is 166 Å². The van der Waals surface area contributed by atoms with Gasteiger partial charge in [0.2, 0.25) is 15.8 Å². The standard InChI is InChI=1S/C19H18FN3O5S/c1-3-21-29(25,26)15-8-6-13(7-9-15)19(24)27-11-17-22-18(23-28-17)14-5-4-12(2)16(20)10-14/h4-10,21H,3,11H2,1-2H3. The topological polar surface area (TPSA) is 111 Å². The van der Waals surface area contributed by atoms with Crippen molar-refractivity contribution in [2.75, 3.05) is 6.54 Å². The maximum atomic E-state index is 13.7. The molecule has 0 fully saturated rings. The van der Waals surface area contributed by atoms with Gasteiger partial charge in [0.1, 0.15) is 5.82 Å². The number of benzene rings is 2. The van der Waals surface area contributed by atoms with Crippen LogP contribution in [0.3, 0.4) is 0 Å². The van der Waals surface area contributed by atoms with E-state index in [9.17, 15) is 17.6 Å². The van der Waals surface area contributed by atoms with Crippen molar-refractivity contribution >= 4 is 16.0 Å². The van der Waals surface area contributed by atoms with Crippen LogP contribution >= 0.6 is 0 Å². The summed E-state index contributed by atoms with van der Waals surface area (Å²) in [6, 6.07) is 9.86. The predicted octanol–water partition coefficient (Wildman–Crippen LogP) is 2.84. The zero-order valence-corrected chi connectivity index (χ0v) is 16.5. The Morgan fingerprint density at radius 1 is 1.21 bits per heavy atom. The van der Waals surface area contributed by atoms with Crippen LogP contribution < -0.4 is 4.72 Å². The molecule has 0 spiro atoms. The van der Waals surface area contributed by atoms with E-state index in [0.717, 1.165) is 0 Å². The molecule has 0 amide bonds. The molecule has 3 aromatic rings. The Morgan fingerprint density at radius 3 is 2.59 bits per heavy atom. The summed E-state index contributed by atoms with van der Waals surface area (Å²) >= 11 is 0. The van der Waals surface area contributed by atoms with Crippen molar-refractivity contribution in [3.8, 4) is 11.4 Å². The molecule has 0 saturated carbocycles. The number of rotatable bonds is 7. The summed E-state index contributed by atoms with van der Waals surface area (Å²) in [7, 11) is -3.60. The number of nitrogens with zero attached hydrogens (tertiary/aromatic N) is 2. The van der Waals surface area contributed by atoms with Crippen LogP contribution in [0.25, 0.3) is 11.4 Å². The maximum absolute atomic E-state index is 13.7. The van der Waals surface area contributed by atoms with Crippen LogP contribution in [0.4, 0.5) is 4.39 Å². The van der Waals surface area contributed by atoms with Gasteiger partial charge in [-0.05, 0) is 42.8 Å². The lowest BCUT2D eigenvalue weighted by atomic mass is 10.1. The van der Waals surface area contributed by atoms with Crippen LogP contribution in [-0.4, -0.2) is 31.1 Å². The molecule has 8 nitrogen and oxygen atoms in total. The minimum absolute atomic E-state index is 0.0423. The second-order valence-corrected chi connectivity index (χ2v) is 7.84. The molecule has 1 heterocycles. The van der Waals surface area contributed by atoms with Crippen LogP contribution in [0, 0.1) is 12.7 Å². The van der Waals surface area contributed by atoms with Gasteiger partial charge in [-0.25, -0.2) is 22.3 Å². The zero-order valence-electron chi connectivity index (χ0n) is 15.7. The quantitative estimate of drug-likeness (QED) is 0.586. The summed E-state index contributed by atoms with van der Waals surface area (Å²) in [6.07, 6.45) is 0. The normalized spacial score (nSPS) is 11.4. The minimum atomic E-state index is -3.60. The molecule has 2 aromatic carbocycles. The molecule has 0 aliphatic rings. The van der Waals surface area contributed by atoms with Gasteiger partial charge >= 0.3 is 5.97 Å². The molecular weight excluding hydrogens is 401 g/mol. The van der Waals surface area contributed by atoms with Gasteiger partial charge in [0.15, 0.2) is 6.61 Å². The number of ether oxygens (including phenoxy) is 1. The molecule has 0 aliphatic carbocycles. The summed E-state index contributed by atoms with van der Waals surface area (Å²) in [6.45, 7) is 3.29. The van der Waals surface area contributed by atoms with Crippen molar-refractivity contribution in [2.45, 2.75) is 25.3 Å². The molecule has 3 rings (SSSR count). The molecule has 1 N–H and O–H groups in total. The molecule has 0 unspecified atom stereocenters. The monoisotopic (exact) mass is 419 g/mol. The number of aromatic nitrogens is 2. The smallest absolute Gasteiger partial charge is 0.338 e. The molecule has 0 atom stereocenters. The van der Waals surface area contributed by atoms with Gasteiger partial charge in [-0.2, -0.15) is 4.98 Å². The lowest BCUT2D eigenvalue weighted by Crippen LogP contribution is -2.23. The average Bonchev–Trinajstić information content (AvgIpc) is 3.17. The van der Waals surface area contributed by atoms with Gasteiger partial charge in [-0.15, -0.1) is 0 Å². The third-order valence-corrected chi connectivity index (χ3v) is 5.52. The molecule has 0 aliphatic heterocycles. The number of halogens is 1. The van der Waals surface area contributed by atoms with E-state index >= 15 is 0 Å². The fourth-order valence-corrected chi connectivity index (χ4v) is 3.46. The first kappa shape index (κ1) is 20.6. The second kappa shape index (κ2) is 8.50. The summed E-state index contributed by atoms with van der Waals surface area (Å²) in [5, 5.41) is 3.75. The van der Waals surface area contributed by atoms with Crippen LogP contribution in [-0.2, 0) is 21.4 Å². The van der Waals surface area contributed by atoms with Gasteiger partial charge in [0.25, 0.3) is 5.89 Å². The fourth-order valence-electron chi connectivity index (χ4n) is 2.42. The largest absolute Gasteiger partial charge is 0.452 e. The molecule has 10 heteroatoms. The van der Waals surface area contributed by atoms with Crippen molar-refractivity contribution in [3.05, 3.63) is 65.3 Å². The van der Waals surface area contributed by atoms with Crippen LogP contribution in [0.1, 0.15) is 28.7 Å². The van der Waals surface area contributed by atoms with Crippen molar-refractivity contribution < 1.29 is 26.9 Å². The SMILES string of the molecule is CCNS(=O)(=O)c1ccc(C(=O)OCc2nc(-c3ccc(C)c(F)c3)no2)cc1. The fraction of sp³-hybridized carbons (Fsp3) is 0.211. The van der Waals surface area contributed by atoms with Crippen molar-refractivity contribution in [3.63, 3.8) is 0 Å². The Bertz CT molecular complexity index is 1130. The summed E-state index contributed by atoms with van der Waals surface area (Å²) in [5.74, 6) is -0.855. The number of sulfonamides is 1. The first-order valence-corrected chi connectivity index (χ1v) is 10.1. The van der Waals surface area contributed by atoms with Crippen LogP contribution in [0.15, 0.2) is 51.9 Å². The number of nitrogens with one attached hydrogen (secondary N) is 1.